The second kappa shape index (κ2) is 6.21. The van der Waals surface area contributed by atoms with Crippen LogP contribution in [0.5, 0.6) is 0 Å². The Morgan fingerprint density at radius 3 is 2.80 bits per heavy atom. The molecule has 2 amide bonds. The third kappa shape index (κ3) is 3.27. The van der Waals surface area contributed by atoms with Gasteiger partial charge in [-0.1, -0.05) is 13.8 Å². The first-order chi connectivity index (χ1) is 9.49. The Bertz CT molecular complexity index is 471. The van der Waals surface area contributed by atoms with Crippen LogP contribution in [0.1, 0.15) is 24.8 Å². The molecule has 0 bridgehead atoms. The van der Waals surface area contributed by atoms with Gasteiger partial charge < -0.3 is 15.3 Å². The van der Waals surface area contributed by atoms with Crippen LogP contribution >= 0.6 is 11.3 Å². The Morgan fingerprint density at radius 2 is 2.25 bits per heavy atom. The number of carbonyl (C=O) groups is 2. The zero-order valence-corrected chi connectivity index (χ0v) is 12.4. The van der Waals surface area contributed by atoms with Crippen LogP contribution in [0.3, 0.4) is 0 Å². The van der Waals surface area contributed by atoms with Gasteiger partial charge in [0.05, 0.1) is 10.9 Å². The molecule has 0 spiro atoms. The monoisotopic (exact) mass is 297 g/mol. The number of urea groups is 1. The molecule has 1 aromatic heterocycles. The number of carbonyl (C=O) groups excluding carboxylic acids is 1. The molecule has 0 aromatic carbocycles. The predicted octanol–water partition coefficient (Wildman–Crippen LogP) is 1.61. The lowest BCUT2D eigenvalue weighted by Gasteiger charge is -2.41. The van der Waals surface area contributed by atoms with Crippen molar-refractivity contribution in [3.8, 4) is 0 Å². The maximum Gasteiger partial charge on any atom is 0.317 e. The highest BCUT2D eigenvalue weighted by molar-refractivity contribution is 7.09. The summed E-state index contributed by atoms with van der Waals surface area (Å²) >= 11 is 1.58. The Hall–Kier alpha value is -1.63. The summed E-state index contributed by atoms with van der Waals surface area (Å²) in [5.41, 5.74) is 0. The number of hydrogen-bond donors (Lipinski definition) is 2. The Morgan fingerprint density at radius 1 is 1.55 bits per heavy atom. The van der Waals surface area contributed by atoms with E-state index < -0.39 is 11.9 Å². The van der Waals surface area contributed by atoms with Gasteiger partial charge in [0.1, 0.15) is 0 Å². The number of nitrogens with zero attached hydrogens (tertiary/aromatic N) is 2. The molecule has 0 saturated carbocycles. The van der Waals surface area contributed by atoms with E-state index in [1.54, 1.807) is 29.4 Å². The number of hydrogen-bond acceptors (Lipinski definition) is 4. The van der Waals surface area contributed by atoms with Crippen molar-refractivity contribution in [3.63, 3.8) is 0 Å². The van der Waals surface area contributed by atoms with E-state index in [1.807, 2.05) is 12.3 Å². The van der Waals surface area contributed by atoms with Crippen molar-refractivity contribution < 1.29 is 14.7 Å². The van der Waals surface area contributed by atoms with Crippen molar-refractivity contribution in [2.45, 2.75) is 19.8 Å². The fourth-order valence-corrected chi connectivity index (χ4v) is 2.81. The average molecular weight is 297 g/mol. The van der Waals surface area contributed by atoms with Crippen molar-refractivity contribution in [1.82, 2.24) is 15.2 Å². The van der Waals surface area contributed by atoms with E-state index in [1.165, 1.54) is 0 Å². The second-order valence-corrected chi connectivity index (χ2v) is 6.18. The minimum absolute atomic E-state index is 0.0645. The number of carboxylic acid groups (broad SMARTS) is 1. The van der Waals surface area contributed by atoms with Crippen molar-refractivity contribution in [3.05, 3.63) is 16.6 Å². The number of thiazole rings is 1. The van der Waals surface area contributed by atoms with Crippen LogP contribution in [0.4, 0.5) is 4.79 Å². The molecule has 2 heterocycles. The number of nitrogens with one attached hydrogen (secondary N) is 1. The molecule has 2 atom stereocenters. The van der Waals surface area contributed by atoms with Crippen LogP contribution in [-0.4, -0.2) is 46.6 Å². The van der Waals surface area contributed by atoms with Gasteiger partial charge in [-0.25, -0.2) is 9.78 Å². The van der Waals surface area contributed by atoms with E-state index in [2.05, 4.69) is 10.3 Å². The van der Waals surface area contributed by atoms with Gasteiger partial charge in [-0.2, -0.15) is 0 Å². The number of rotatable bonds is 5. The minimum atomic E-state index is -0.799. The molecular weight excluding hydrogens is 278 g/mol. The van der Waals surface area contributed by atoms with E-state index in [4.69, 9.17) is 5.11 Å². The standard InChI is InChI=1S/C13H19N3O3S/c1-8(11-14-3-4-20-11)5-15-13(19)16-6-10(7-16)9(2)12(17)18/h3-4,8-10H,5-7H2,1-2H3,(H,15,19)(H,17,18). The largest absolute Gasteiger partial charge is 0.481 e. The molecule has 0 aliphatic carbocycles. The molecule has 7 heteroatoms. The van der Waals surface area contributed by atoms with Crippen LogP contribution in [-0.2, 0) is 4.79 Å². The number of likely N-dealkylation sites (tertiary alicyclic amines) is 1. The molecule has 2 N–H and O–H groups in total. The first kappa shape index (κ1) is 14.8. The highest BCUT2D eigenvalue weighted by Crippen LogP contribution is 2.24. The molecule has 110 valence electrons. The van der Waals surface area contributed by atoms with Gasteiger partial charge in [0.2, 0.25) is 0 Å². The number of amides is 2. The normalized spacial score (nSPS) is 18.2. The van der Waals surface area contributed by atoms with Gasteiger partial charge >= 0.3 is 12.0 Å². The molecule has 1 saturated heterocycles. The summed E-state index contributed by atoms with van der Waals surface area (Å²) in [4.78, 5) is 28.6. The average Bonchev–Trinajstić information content (AvgIpc) is 2.87. The van der Waals surface area contributed by atoms with Gasteiger partial charge in [-0.3, -0.25) is 4.79 Å². The van der Waals surface area contributed by atoms with Crippen LogP contribution in [0.2, 0.25) is 0 Å². The SMILES string of the molecule is CC(CNC(=O)N1CC(C(C)C(=O)O)C1)c1nccs1. The molecule has 1 aliphatic rings. The van der Waals surface area contributed by atoms with Gasteiger partial charge in [-0.15, -0.1) is 11.3 Å². The fourth-order valence-electron chi connectivity index (χ4n) is 2.11. The highest BCUT2D eigenvalue weighted by Gasteiger charge is 2.37. The predicted molar refractivity (Wildman–Crippen MR) is 75.8 cm³/mol. The van der Waals surface area contributed by atoms with Crippen molar-refractivity contribution in [2.24, 2.45) is 11.8 Å². The summed E-state index contributed by atoms with van der Waals surface area (Å²) in [7, 11) is 0. The Labute approximate surface area is 121 Å². The summed E-state index contributed by atoms with van der Waals surface area (Å²) in [5.74, 6) is -0.940. The minimum Gasteiger partial charge on any atom is -0.481 e. The smallest absolute Gasteiger partial charge is 0.317 e. The molecule has 20 heavy (non-hydrogen) atoms. The van der Waals surface area contributed by atoms with E-state index in [0.29, 0.717) is 19.6 Å². The zero-order valence-electron chi connectivity index (χ0n) is 11.6. The molecule has 6 nitrogen and oxygen atoms in total. The lowest BCUT2D eigenvalue weighted by molar-refractivity contribution is -0.144. The number of carboxylic acids is 1. The van der Waals surface area contributed by atoms with Gasteiger partial charge in [-0.05, 0) is 0 Å². The second-order valence-electron chi connectivity index (χ2n) is 5.25. The molecule has 1 fully saturated rings. The molecule has 0 radical (unpaired) electrons. The lowest BCUT2D eigenvalue weighted by atomic mass is 9.87. The number of aromatic nitrogens is 1. The van der Waals surface area contributed by atoms with Crippen LogP contribution in [0.15, 0.2) is 11.6 Å². The molecular formula is C13H19N3O3S. The maximum absolute atomic E-state index is 11.9. The van der Waals surface area contributed by atoms with E-state index in [9.17, 15) is 9.59 Å². The lowest BCUT2D eigenvalue weighted by Crippen LogP contribution is -2.56. The number of aliphatic carboxylic acids is 1. The summed E-state index contributed by atoms with van der Waals surface area (Å²) in [5, 5.41) is 14.7. The van der Waals surface area contributed by atoms with Crippen LogP contribution < -0.4 is 5.32 Å². The summed E-state index contributed by atoms with van der Waals surface area (Å²) in [6.07, 6.45) is 1.76. The first-order valence-electron chi connectivity index (χ1n) is 6.64. The molecule has 2 rings (SSSR count). The Balaban J connectivity index is 1.71. The van der Waals surface area contributed by atoms with Gasteiger partial charge in [0.15, 0.2) is 0 Å². The van der Waals surface area contributed by atoms with E-state index in [-0.39, 0.29) is 17.9 Å². The third-order valence-electron chi connectivity index (χ3n) is 3.73. The summed E-state index contributed by atoms with van der Waals surface area (Å²) in [6.45, 7) is 5.29. The zero-order chi connectivity index (χ0) is 14.7. The van der Waals surface area contributed by atoms with E-state index >= 15 is 0 Å². The van der Waals surface area contributed by atoms with Gasteiger partial charge in [0, 0.05) is 43.0 Å². The maximum atomic E-state index is 11.9. The fraction of sp³-hybridized carbons (Fsp3) is 0.615. The third-order valence-corrected chi connectivity index (χ3v) is 4.73. The summed E-state index contributed by atoms with van der Waals surface area (Å²) in [6, 6.07) is -0.123. The van der Waals surface area contributed by atoms with Crippen molar-refractivity contribution in [2.75, 3.05) is 19.6 Å². The van der Waals surface area contributed by atoms with Crippen LogP contribution in [0, 0.1) is 11.8 Å². The topological polar surface area (TPSA) is 82.5 Å². The quantitative estimate of drug-likeness (QED) is 0.865. The first-order valence-corrected chi connectivity index (χ1v) is 7.52. The van der Waals surface area contributed by atoms with E-state index in [0.717, 1.165) is 5.01 Å². The Kier molecular flexibility index (Phi) is 4.59. The molecule has 1 aliphatic heterocycles. The van der Waals surface area contributed by atoms with Crippen molar-refractivity contribution >= 4 is 23.3 Å². The molecule has 2 unspecified atom stereocenters. The highest BCUT2D eigenvalue weighted by atomic mass is 32.1. The van der Waals surface area contributed by atoms with Crippen LogP contribution in [0.25, 0.3) is 0 Å². The van der Waals surface area contributed by atoms with Gasteiger partial charge in [0.25, 0.3) is 0 Å². The van der Waals surface area contributed by atoms with Crippen molar-refractivity contribution in [1.29, 1.82) is 0 Å². The molecule has 1 aromatic rings. The summed E-state index contributed by atoms with van der Waals surface area (Å²) < 4.78 is 0.